The summed E-state index contributed by atoms with van der Waals surface area (Å²) in [5.74, 6) is -0.124. The number of aliphatic hydroxyl groups is 1. The van der Waals surface area contributed by atoms with Crippen molar-refractivity contribution in [2.24, 2.45) is 5.92 Å². The van der Waals surface area contributed by atoms with Gasteiger partial charge in [0.25, 0.3) is 0 Å². The van der Waals surface area contributed by atoms with E-state index in [1.165, 1.54) is 0 Å². The maximum atomic E-state index is 12.2. The Bertz CT molecular complexity index is 838. The summed E-state index contributed by atoms with van der Waals surface area (Å²) in [6, 6.07) is 1.78. The van der Waals surface area contributed by atoms with Crippen LogP contribution in [-0.2, 0) is 14.3 Å². The molecule has 3 N–H and O–H groups in total. The van der Waals surface area contributed by atoms with Gasteiger partial charge < -0.3 is 24.9 Å². The van der Waals surface area contributed by atoms with E-state index in [2.05, 4.69) is 9.97 Å². The van der Waals surface area contributed by atoms with Crippen molar-refractivity contribution in [1.29, 1.82) is 0 Å². The molecule has 1 fully saturated rings. The van der Waals surface area contributed by atoms with E-state index < -0.39 is 17.9 Å². The van der Waals surface area contributed by atoms with E-state index in [4.69, 9.17) is 26.8 Å². The van der Waals surface area contributed by atoms with Gasteiger partial charge in [-0.25, -0.2) is 4.98 Å². The molecule has 3 heterocycles. The Morgan fingerprint density at radius 2 is 2.22 bits per heavy atom. The Hall–Kier alpha value is -1.90. The second kappa shape index (κ2) is 7.61. The van der Waals surface area contributed by atoms with E-state index in [9.17, 15) is 9.90 Å². The lowest BCUT2D eigenvalue weighted by Gasteiger charge is -2.28. The molecule has 1 aliphatic rings. The summed E-state index contributed by atoms with van der Waals surface area (Å²) in [4.78, 5) is 20.3. The number of nitrogens with two attached hydrogens (primary N) is 1. The summed E-state index contributed by atoms with van der Waals surface area (Å²) in [7, 11) is 0. The van der Waals surface area contributed by atoms with E-state index in [1.54, 1.807) is 23.8 Å². The molecule has 1 aliphatic heterocycles. The first-order chi connectivity index (χ1) is 12.8. The number of aromatic nitrogens is 3. The van der Waals surface area contributed by atoms with Crippen LogP contribution in [-0.4, -0.2) is 43.9 Å². The highest BCUT2D eigenvalue weighted by Crippen LogP contribution is 2.39. The van der Waals surface area contributed by atoms with E-state index >= 15 is 0 Å². The van der Waals surface area contributed by atoms with Gasteiger partial charge in [-0.15, -0.1) is 0 Å². The average molecular weight is 397 g/mol. The average Bonchev–Trinajstić information content (AvgIpc) is 3.16. The van der Waals surface area contributed by atoms with Gasteiger partial charge in [0.05, 0.1) is 17.4 Å². The van der Waals surface area contributed by atoms with Crippen molar-refractivity contribution >= 4 is 34.4 Å². The third-order valence-electron chi connectivity index (χ3n) is 5.24. The molecular weight excluding hydrogens is 372 g/mol. The Balaban J connectivity index is 1.77. The molecule has 0 radical (unpaired) electrons. The van der Waals surface area contributed by atoms with Gasteiger partial charge in [-0.05, 0) is 37.4 Å². The van der Waals surface area contributed by atoms with E-state index in [0.717, 1.165) is 12.8 Å². The zero-order valence-electron chi connectivity index (χ0n) is 15.7. The van der Waals surface area contributed by atoms with Crippen molar-refractivity contribution in [3.63, 3.8) is 0 Å². The minimum absolute atomic E-state index is 0.0168. The second-order valence-electron chi connectivity index (χ2n) is 7.10. The lowest BCUT2D eigenvalue weighted by Crippen LogP contribution is -2.42. The third kappa shape index (κ3) is 3.74. The molecule has 1 unspecified atom stereocenters. The van der Waals surface area contributed by atoms with Gasteiger partial charge in [0.1, 0.15) is 29.9 Å². The van der Waals surface area contributed by atoms with E-state index in [-0.39, 0.29) is 29.6 Å². The quantitative estimate of drug-likeness (QED) is 0.570. The lowest BCUT2D eigenvalue weighted by atomic mass is 10.00. The van der Waals surface area contributed by atoms with Crippen LogP contribution in [0.15, 0.2) is 12.3 Å². The predicted octanol–water partition coefficient (Wildman–Crippen LogP) is 2.68. The molecule has 2 aromatic heterocycles. The number of esters is 1. The number of nitrogen functional groups attached to an aromatic ring is 1. The van der Waals surface area contributed by atoms with Crippen LogP contribution in [0.4, 0.5) is 5.82 Å². The van der Waals surface area contributed by atoms with Gasteiger partial charge in [0, 0.05) is 12.6 Å². The molecule has 3 atom stereocenters. The van der Waals surface area contributed by atoms with Crippen LogP contribution in [0.5, 0.6) is 0 Å². The van der Waals surface area contributed by atoms with Crippen LogP contribution >= 0.6 is 11.6 Å². The van der Waals surface area contributed by atoms with Crippen LogP contribution in [0, 0.1) is 5.92 Å². The van der Waals surface area contributed by atoms with Gasteiger partial charge in [-0.2, -0.15) is 4.98 Å². The Labute approximate surface area is 162 Å². The minimum Gasteiger partial charge on any atom is -0.462 e. The van der Waals surface area contributed by atoms with Crippen LogP contribution in [0.1, 0.15) is 46.3 Å². The van der Waals surface area contributed by atoms with Gasteiger partial charge >= 0.3 is 5.97 Å². The summed E-state index contributed by atoms with van der Waals surface area (Å²) in [6.07, 6.45) is 2.24. The molecule has 0 amide bonds. The molecular formula is C18H25ClN4O4. The number of rotatable bonds is 6. The Kier molecular flexibility index (Phi) is 5.60. The zero-order chi connectivity index (χ0) is 19.8. The molecule has 0 aromatic carbocycles. The standard InChI is InChI=1S/C18H25ClN4O4/c1-4-10(5-2)16(25)26-9-18(3)12(24)8-13(27-18)23-7-6-11-14(20)21-17(19)22-15(11)23/h6-7,10,12-13,24H,4-5,8-9H2,1-3H3,(H2,20,21,22)/t12-,13+,18?/m0/s1. The SMILES string of the molecule is CCC(CC)C(=O)OCC1(C)O[C@@H](n2ccc3c(N)nc(Cl)nc32)C[C@@H]1O. The number of ether oxygens (including phenoxy) is 2. The van der Waals surface area contributed by atoms with Crippen LogP contribution in [0.2, 0.25) is 5.28 Å². The molecule has 9 heteroatoms. The topological polar surface area (TPSA) is 112 Å². The summed E-state index contributed by atoms with van der Waals surface area (Å²) >= 11 is 5.92. The molecule has 3 rings (SSSR count). The number of halogens is 1. The molecule has 27 heavy (non-hydrogen) atoms. The highest BCUT2D eigenvalue weighted by atomic mass is 35.5. The Morgan fingerprint density at radius 3 is 2.89 bits per heavy atom. The van der Waals surface area contributed by atoms with Crippen molar-refractivity contribution in [3.8, 4) is 0 Å². The molecule has 148 valence electrons. The zero-order valence-corrected chi connectivity index (χ0v) is 16.4. The largest absolute Gasteiger partial charge is 0.462 e. The Morgan fingerprint density at radius 1 is 1.52 bits per heavy atom. The molecule has 1 saturated heterocycles. The summed E-state index contributed by atoms with van der Waals surface area (Å²) in [6.45, 7) is 5.62. The number of hydrogen-bond acceptors (Lipinski definition) is 7. The number of carbonyl (C=O) groups excluding carboxylic acids is 1. The van der Waals surface area contributed by atoms with Gasteiger partial charge in [0.2, 0.25) is 5.28 Å². The second-order valence-corrected chi connectivity index (χ2v) is 7.43. The molecule has 0 saturated carbocycles. The highest BCUT2D eigenvalue weighted by molar-refractivity contribution is 6.28. The van der Waals surface area contributed by atoms with Crippen molar-refractivity contribution < 1.29 is 19.4 Å². The van der Waals surface area contributed by atoms with Crippen molar-refractivity contribution in [2.75, 3.05) is 12.3 Å². The number of hydrogen-bond donors (Lipinski definition) is 2. The maximum Gasteiger partial charge on any atom is 0.309 e. The first-order valence-electron chi connectivity index (χ1n) is 9.11. The van der Waals surface area contributed by atoms with E-state index in [0.29, 0.717) is 17.5 Å². The molecule has 0 spiro atoms. The molecule has 8 nitrogen and oxygen atoms in total. The maximum absolute atomic E-state index is 12.2. The van der Waals surface area contributed by atoms with E-state index in [1.807, 2.05) is 13.8 Å². The van der Waals surface area contributed by atoms with Crippen LogP contribution < -0.4 is 5.73 Å². The predicted molar refractivity (Wildman–Crippen MR) is 101 cm³/mol. The van der Waals surface area contributed by atoms with Crippen LogP contribution in [0.25, 0.3) is 11.0 Å². The van der Waals surface area contributed by atoms with Crippen LogP contribution in [0.3, 0.4) is 0 Å². The van der Waals surface area contributed by atoms with Gasteiger partial charge in [-0.1, -0.05) is 13.8 Å². The molecule has 0 bridgehead atoms. The number of nitrogens with zero attached hydrogens (tertiary/aromatic N) is 3. The first kappa shape index (κ1) is 19.9. The molecule has 2 aromatic rings. The lowest BCUT2D eigenvalue weighted by molar-refractivity contribution is -0.166. The monoisotopic (exact) mass is 396 g/mol. The highest BCUT2D eigenvalue weighted by Gasteiger charge is 2.46. The summed E-state index contributed by atoms with van der Waals surface area (Å²) in [5.41, 5.74) is 5.41. The molecule has 0 aliphatic carbocycles. The first-order valence-corrected chi connectivity index (χ1v) is 9.49. The normalized spacial score (nSPS) is 25.4. The van der Waals surface area contributed by atoms with Gasteiger partial charge in [0.15, 0.2) is 0 Å². The summed E-state index contributed by atoms with van der Waals surface area (Å²) in [5, 5.41) is 11.3. The number of aliphatic hydroxyl groups excluding tert-OH is 1. The van der Waals surface area contributed by atoms with Gasteiger partial charge in [-0.3, -0.25) is 4.79 Å². The number of carbonyl (C=O) groups is 1. The number of fused-ring (bicyclic) bond motifs is 1. The fraction of sp³-hybridized carbons (Fsp3) is 0.611. The fourth-order valence-electron chi connectivity index (χ4n) is 3.39. The smallest absolute Gasteiger partial charge is 0.309 e. The fourth-order valence-corrected chi connectivity index (χ4v) is 3.57. The van der Waals surface area contributed by atoms with Crippen molar-refractivity contribution in [2.45, 2.75) is 58.0 Å². The number of anilines is 1. The minimum atomic E-state index is -1.01. The van der Waals surface area contributed by atoms with Crippen molar-refractivity contribution in [3.05, 3.63) is 17.5 Å². The third-order valence-corrected chi connectivity index (χ3v) is 5.41. The summed E-state index contributed by atoms with van der Waals surface area (Å²) < 4.78 is 13.3. The van der Waals surface area contributed by atoms with Crippen molar-refractivity contribution in [1.82, 2.24) is 14.5 Å².